The molecule has 134 valence electrons. The Hall–Kier alpha value is -2.90. The van der Waals surface area contributed by atoms with Gasteiger partial charge in [-0.1, -0.05) is 42.5 Å². The average Bonchev–Trinajstić information content (AvgIpc) is 3.19. The number of rotatable bonds is 7. The van der Waals surface area contributed by atoms with Crippen molar-refractivity contribution in [3.63, 3.8) is 0 Å². The second-order valence-corrected chi connectivity index (χ2v) is 7.34. The minimum Gasteiger partial charge on any atom is -0.467 e. The lowest BCUT2D eigenvalue weighted by atomic mass is 10.1. The summed E-state index contributed by atoms with van der Waals surface area (Å²) in [5.74, 6) is 0.156. The molecule has 7 heteroatoms. The molecule has 2 aromatic carbocycles. The molecule has 0 aliphatic rings. The molecular formula is C19H18N2O4S. The number of carbonyl (C=O) groups is 1. The van der Waals surface area contributed by atoms with E-state index in [9.17, 15) is 13.2 Å². The van der Waals surface area contributed by atoms with Crippen molar-refractivity contribution in [2.24, 2.45) is 0 Å². The van der Waals surface area contributed by atoms with Gasteiger partial charge >= 0.3 is 0 Å². The topological polar surface area (TPSA) is 88.4 Å². The van der Waals surface area contributed by atoms with Crippen LogP contribution in [-0.2, 0) is 21.4 Å². The Bertz CT molecular complexity index is 951. The van der Waals surface area contributed by atoms with Crippen LogP contribution in [0.4, 0.5) is 0 Å². The van der Waals surface area contributed by atoms with Crippen LogP contribution >= 0.6 is 0 Å². The lowest BCUT2D eigenvalue weighted by molar-refractivity contribution is -0.120. The Kier molecular flexibility index (Phi) is 5.50. The van der Waals surface area contributed by atoms with E-state index in [1.807, 2.05) is 30.3 Å². The van der Waals surface area contributed by atoms with Crippen LogP contribution in [-0.4, -0.2) is 20.9 Å². The van der Waals surface area contributed by atoms with Gasteiger partial charge in [-0.25, -0.2) is 13.1 Å². The molecule has 0 radical (unpaired) electrons. The fourth-order valence-electron chi connectivity index (χ4n) is 2.36. The number of hydrogen-bond acceptors (Lipinski definition) is 4. The molecule has 1 amide bonds. The predicted molar refractivity (Wildman–Crippen MR) is 97.6 cm³/mol. The first-order chi connectivity index (χ1) is 12.5. The minimum atomic E-state index is -3.76. The first kappa shape index (κ1) is 17.9. The van der Waals surface area contributed by atoms with Crippen LogP contribution in [0.3, 0.4) is 0 Å². The normalized spacial score (nSPS) is 11.2. The second kappa shape index (κ2) is 7.99. The van der Waals surface area contributed by atoms with Gasteiger partial charge in [0.15, 0.2) is 0 Å². The summed E-state index contributed by atoms with van der Waals surface area (Å²) >= 11 is 0. The van der Waals surface area contributed by atoms with Gasteiger partial charge in [0.2, 0.25) is 15.9 Å². The van der Waals surface area contributed by atoms with E-state index in [4.69, 9.17) is 4.42 Å². The maximum absolute atomic E-state index is 12.3. The number of sulfonamides is 1. The molecule has 0 fully saturated rings. The second-order valence-electron chi connectivity index (χ2n) is 5.57. The Morgan fingerprint density at radius 3 is 2.23 bits per heavy atom. The average molecular weight is 370 g/mol. The molecule has 0 saturated heterocycles. The summed E-state index contributed by atoms with van der Waals surface area (Å²) in [5.41, 5.74) is 1.92. The summed E-state index contributed by atoms with van der Waals surface area (Å²) in [7, 11) is -3.76. The molecule has 0 atom stereocenters. The van der Waals surface area contributed by atoms with Gasteiger partial charge < -0.3 is 9.73 Å². The van der Waals surface area contributed by atoms with Crippen LogP contribution in [0.25, 0.3) is 11.1 Å². The van der Waals surface area contributed by atoms with Crippen LogP contribution in [0.2, 0.25) is 0 Å². The van der Waals surface area contributed by atoms with Crippen molar-refractivity contribution in [1.82, 2.24) is 10.0 Å². The van der Waals surface area contributed by atoms with Crippen molar-refractivity contribution >= 4 is 15.9 Å². The van der Waals surface area contributed by atoms with E-state index in [2.05, 4.69) is 10.0 Å². The molecule has 0 saturated carbocycles. The van der Waals surface area contributed by atoms with Crippen LogP contribution in [0, 0.1) is 0 Å². The molecule has 1 aromatic heterocycles. The highest BCUT2D eigenvalue weighted by atomic mass is 32.2. The Morgan fingerprint density at radius 2 is 1.58 bits per heavy atom. The first-order valence-electron chi connectivity index (χ1n) is 7.99. The zero-order chi connectivity index (χ0) is 18.4. The zero-order valence-corrected chi connectivity index (χ0v) is 14.7. The predicted octanol–water partition coefficient (Wildman–Crippen LogP) is 2.54. The maximum atomic E-state index is 12.3. The minimum absolute atomic E-state index is 0.107. The SMILES string of the molecule is O=C(CNS(=O)(=O)c1ccc(-c2ccccc2)cc1)NCc1ccco1. The van der Waals surface area contributed by atoms with Crippen molar-refractivity contribution < 1.29 is 17.6 Å². The zero-order valence-electron chi connectivity index (χ0n) is 13.9. The molecule has 6 nitrogen and oxygen atoms in total. The van der Waals surface area contributed by atoms with Gasteiger partial charge in [-0.15, -0.1) is 0 Å². The monoisotopic (exact) mass is 370 g/mol. The number of furan rings is 1. The third kappa shape index (κ3) is 4.59. The molecule has 0 aliphatic carbocycles. The smallest absolute Gasteiger partial charge is 0.241 e. The third-order valence-corrected chi connectivity index (χ3v) is 5.15. The molecule has 26 heavy (non-hydrogen) atoms. The van der Waals surface area contributed by atoms with Crippen LogP contribution < -0.4 is 10.0 Å². The number of hydrogen-bond donors (Lipinski definition) is 2. The van der Waals surface area contributed by atoms with Crippen LogP contribution in [0.5, 0.6) is 0 Å². The molecule has 1 heterocycles. The van der Waals surface area contributed by atoms with Gasteiger partial charge in [0.25, 0.3) is 0 Å². The number of carbonyl (C=O) groups excluding carboxylic acids is 1. The highest BCUT2D eigenvalue weighted by molar-refractivity contribution is 7.89. The first-order valence-corrected chi connectivity index (χ1v) is 9.47. The van der Waals surface area contributed by atoms with Gasteiger partial charge in [-0.2, -0.15) is 0 Å². The van der Waals surface area contributed by atoms with Crippen molar-refractivity contribution in [2.45, 2.75) is 11.4 Å². The van der Waals surface area contributed by atoms with Gasteiger partial charge in [0, 0.05) is 0 Å². The van der Waals surface area contributed by atoms with E-state index in [1.54, 1.807) is 24.3 Å². The van der Waals surface area contributed by atoms with Crippen LogP contribution in [0.1, 0.15) is 5.76 Å². The van der Waals surface area contributed by atoms with E-state index in [0.717, 1.165) is 11.1 Å². The molecule has 3 rings (SSSR count). The summed E-state index contributed by atoms with van der Waals surface area (Å²) in [6, 6.07) is 19.6. The standard InChI is InChI=1S/C19H18N2O4S/c22-19(20-13-17-7-4-12-25-17)14-21-26(23,24)18-10-8-16(9-11-18)15-5-2-1-3-6-15/h1-12,21H,13-14H2,(H,20,22). The highest BCUT2D eigenvalue weighted by Gasteiger charge is 2.15. The molecule has 0 spiro atoms. The van der Waals surface area contributed by atoms with E-state index in [0.29, 0.717) is 5.76 Å². The quantitative estimate of drug-likeness (QED) is 0.669. The fraction of sp³-hybridized carbons (Fsp3) is 0.105. The molecule has 0 aliphatic heterocycles. The molecule has 3 aromatic rings. The van der Waals surface area contributed by atoms with Crippen molar-refractivity contribution in [2.75, 3.05) is 6.54 Å². The summed E-state index contributed by atoms with van der Waals surface area (Å²) < 4.78 is 32.0. The number of nitrogens with one attached hydrogen (secondary N) is 2. The van der Waals surface area contributed by atoms with Gasteiger partial charge in [0.05, 0.1) is 24.2 Å². The van der Waals surface area contributed by atoms with E-state index >= 15 is 0 Å². The molecule has 0 bridgehead atoms. The third-order valence-electron chi connectivity index (χ3n) is 3.73. The summed E-state index contributed by atoms with van der Waals surface area (Å²) in [5, 5.41) is 2.58. The highest BCUT2D eigenvalue weighted by Crippen LogP contribution is 2.20. The lowest BCUT2D eigenvalue weighted by Gasteiger charge is -2.08. The number of benzene rings is 2. The van der Waals surface area contributed by atoms with Crippen molar-refractivity contribution in [3.05, 3.63) is 78.8 Å². The van der Waals surface area contributed by atoms with Crippen LogP contribution in [0.15, 0.2) is 82.3 Å². The van der Waals surface area contributed by atoms with E-state index < -0.39 is 15.9 Å². The number of amides is 1. The summed E-state index contributed by atoms with van der Waals surface area (Å²) in [6.45, 7) is -0.136. The molecule has 2 N–H and O–H groups in total. The Balaban J connectivity index is 1.58. The van der Waals surface area contributed by atoms with Crippen molar-refractivity contribution in [3.8, 4) is 11.1 Å². The summed E-state index contributed by atoms with van der Waals surface area (Å²) in [4.78, 5) is 11.9. The fourth-order valence-corrected chi connectivity index (χ4v) is 3.34. The van der Waals surface area contributed by atoms with Gasteiger partial charge in [-0.05, 0) is 35.4 Å². The largest absolute Gasteiger partial charge is 0.467 e. The maximum Gasteiger partial charge on any atom is 0.241 e. The Labute approximate surface area is 151 Å². The van der Waals surface area contributed by atoms with Gasteiger partial charge in [0.1, 0.15) is 5.76 Å². The Morgan fingerprint density at radius 1 is 0.885 bits per heavy atom. The van der Waals surface area contributed by atoms with Crippen molar-refractivity contribution in [1.29, 1.82) is 0 Å². The molecule has 0 unspecified atom stereocenters. The van der Waals surface area contributed by atoms with E-state index in [-0.39, 0.29) is 18.0 Å². The summed E-state index contributed by atoms with van der Waals surface area (Å²) in [6.07, 6.45) is 1.50. The lowest BCUT2D eigenvalue weighted by Crippen LogP contribution is -2.36. The van der Waals surface area contributed by atoms with Gasteiger partial charge in [-0.3, -0.25) is 4.79 Å². The molecular weight excluding hydrogens is 352 g/mol. The van der Waals surface area contributed by atoms with E-state index in [1.165, 1.54) is 18.4 Å².